The molecule has 1 heterocycles. The number of ether oxygens (including phenoxy) is 1. The molecule has 2 aromatic rings. The minimum absolute atomic E-state index is 0.0428. The summed E-state index contributed by atoms with van der Waals surface area (Å²) in [6.45, 7) is 3.98. The molecule has 0 fully saturated rings. The lowest BCUT2D eigenvalue weighted by Crippen LogP contribution is -2.05. The standard InChI is InChI=1S/C14H15NO2S/c1-9-10(2)18-14(15-9)8-12(16)11-6-4-5-7-13(11)17-3/h4-7H,8H2,1-3H3. The second kappa shape index (κ2) is 5.31. The van der Waals surface area contributed by atoms with Crippen molar-refractivity contribution >= 4 is 17.1 Å². The normalized spacial score (nSPS) is 10.4. The highest BCUT2D eigenvalue weighted by Gasteiger charge is 2.14. The number of Topliss-reactive ketones (excluding diaryl/α,β-unsaturated/α-hetero) is 1. The van der Waals surface area contributed by atoms with Crippen LogP contribution >= 0.6 is 11.3 Å². The van der Waals surface area contributed by atoms with Gasteiger partial charge in [0.1, 0.15) is 10.8 Å². The Morgan fingerprint density at radius 3 is 2.67 bits per heavy atom. The van der Waals surface area contributed by atoms with Crippen LogP contribution in [0, 0.1) is 13.8 Å². The Balaban J connectivity index is 2.22. The highest BCUT2D eigenvalue weighted by molar-refractivity contribution is 7.11. The molecule has 0 amide bonds. The summed E-state index contributed by atoms with van der Waals surface area (Å²) in [5.41, 5.74) is 1.62. The lowest BCUT2D eigenvalue weighted by atomic mass is 10.1. The van der Waals surface area contributed by atoms with E-state index < -0.39 is 0 Å². The van der Waals surface area contributed by atoms with E-state index in [1.807, 2.05) is 26.0 Å². The van der Waals surface area contributed by atoms with Crippen molar-refractivity contribution in [2.45, 2.75) is 20.3 Å². The molecule has 4 heteroatoms. The zero-order chi connectivity index (χ0) is 13.1. The van der Waals surface area contributed by atoms with Crippen LogP contribution in [0.15, 0.2) is 24.3 Å². The number of thiazole rings is 1. The van der Waals surface area contributed by atoms with E-state index in [1.165, 1.54) is 0 Å². The Hall–Kier alpha value is -1.68. The average molecular weight is 261 g/mol. The first-order valence-corrected chi connectivity index (χ1v) is 6.52. The van der Waals surface area contributed by atoms with Crippen molar-refractivity contribution in [3.05, 3.63) is 45.4 Å². The quantitative estimate of drug-likeness (QED) is 0.793. The molecule has 1 aromatic heterocycles. The molecule has 0 bridgehead atoms. The Morgan fingerprint density at radius 2 is 2.06 bits per heavy atom. The molecule has 0 radical (unpaired) electrons. The van der Waals surface area contributed by atoms with E-state index in [2.05, 4.69) is 4.98 Å². The Labute approximate surface area is 110 Å². The summed E-state index contributed by atoms with van der Waals surface area (Å²) < 4.78 is 5.20. The van der Waals surface area contributed by atoms with Crippen molar-refractivity contribution in [2.75, 3.05) is 7.11 Å². The van der Waals surface area contributed by atoms with Gasteiger partial charge in [-0.2, -0.15) is 0 Å². The minimum atomic E-state index is 0.0428. The van der Waals surface area contributed by atoms with Gasteiger partial charge in [-0.1, -0.05) is 12.1 Å². The van der Waals surface area contributed by atoms with Crippen LogP contribution in [0.5, 0.6) is 5.75 Å². The van der Waals surface area contributed by atoms with E-state index in [4.69, 9.17) is 4.74 Å². The molecule has 0 spiro atoms. The molecule has 0 aliphatic heterocycles. The van der Waals surface area contributed by atoms with Crippen molar-refractivity contribution in [1.29, 1.82) is 0 Å². The highest BCUT2D eigenvalue weighted by atomic mass is 32.1. The van der Waals surface area contributed by atoms with Gasteiger partial charge in [-0.3, -0.25) is 4.79 Å². The lowest BCUT2D eigenvalue weighted by Gasteiger charge is -2.05. The number of rotatable bonds is 4. The molecule has 94 valence electrons. The molecular formula is C14H15NO2S. The second-order valence-corrected chi connectivity index (χ2v) is 5.34. The monoisotopic (exact) mass is 261 g/mol. The van der Waals surface area contributed by atoms with Gasteiger partial charge in [-0.15, -0.1) is 11.3 Å². The molecule has 0 aliphatic rings. The van der Waals surface area contributed by atoms with E-state index in [1.54, 1.807) is 30.6 Å². The Kier molecular flexibility index (Phi) is 3.77. The number of hydrogen-bond donors (Lipinski definition) is 0. The molecule has 0 atom stereocenters. The van der Waals surface area contributed by atoms with Crippen LogP contribution in [0.1, 0.15) is 25.9 Å². The number of ketones is 1. The predicted molar refractivity (Wildman–Crippen MR) is 72.6 cm³/mol. The number of methoxy groups -OCH3 is 1. The van der Waals surface area contributed by atoms with Crippen LogP contribution in [-0.4, -0.2) is 17.9 Å². The molecule has 0 saturated carbocycles. The molecular weight excluding hydrogens is 246 g/mol. The second-order valence-electron chi connectivity index (χ2n) is 4.05. The van der Waals surface area contributed by atoms with Crippen molar-refractivity contribution in [3.8, 4) is 5.75 Å². The van der Waals surface area contributed by atoms with Crippen molar-refractivity contribution < 1.29 is 9.53 Å². The van der Waals surface area contributed by atoms with E-state index in [9.17, 15) is 4.79 Å². The van der Waals surface area contributed by atoms with Crippen LogP contribution in [0.3, 0.4) is 0 Å². The van der Waals surface area contributed by atoms with E-state index >= 15 is 0 Å². The van der Waals surface area contributed by atoms with Crippen molar-refractivity contribution in [1.82, 2.24) is 4.98 Å². The lowest BCUT2D eigenvalue weighted by molar-refractivity contribution is 0.0990. The first kappa shape index (κ1) is 12.8. The van der Waals surface area contributed by atoms with E-state index in [0.717, 1.165) is 15.6 Å². The smallest absolute Gasteiger partial charge is 0.173 e. The fourth-order valence-corrected chi connectivity index (χ4v) is 2.65. The van der Waals surface area contributed by atoms with Gasteiger partial charge in [0, 0.05) is 4.88 Å². The van der Waals surface area contributed by atoms with E-state index in [0.29, 0.717) is 17.7 Å². The summed E-state index contributed by atoms with van der Waals surface area (Å²) in [5, 5.41) is 0.862. The maximum atomic E-state index is 12.2. The number of carbonyl (C=O) groups is 1. The molecule has 3 nitrogen and oxygen atoms in total. The Morgan fingerprint density at radius 1 is 1.33 bits per heavy atom. The van der Waals surface area contributed by atoms with Gasteiger partial charge in [0.25, 0.3) is 0 Å². The van der Waals surface area contributed by atoms with Gasteiger partial charge in [-0.25, -0.2) is 4.98 Å². The van der Waals surface area contributed by atoms with Gasteiger partial charge in [0.05, 0.1) is 24.8 Å². The number of aromatic nitrogens is 1. The summed E-state index contributed by atoms with van der Waals surface area (Å²) in [4.78, 5) is 17.8. The molecule has 1 aromatic carbocycles. The molecule has 0 unspecified atom stereocenters. The first-order chi connectivity index (χ1) is 8.61. The van der Waals surface area contributed by atoms with Crippen LogP contribution < -0.4 is 4.74 Å². The minimum Gasteiger partial charge on any atom is -0.496 e. The summed E-state index contributed by atoms with van der Waals surface area (Å²) in [5.74, 6) is 0.661. The topological polar surface area (TPSA) is 39.2 Å². The third kappa shape index (κ3) is 2.59. The van der Waals surface area contributed by atoms with Crippen molar-refractivity contribution in [2.24, 2.45) is 0 Å². The predicted octanol–water partition coefficient (Wildman–Crippen LogP) is 3.19. The largest absolute Gasteiger partial charge is 0.496 e. The highest BCUT2D eigenvalue weighted by Crippen LogP contribution is 2.22. The Bertz CT molecular complexity index is 555. The molecule has 0 saturated heterocycles. The van der Waals surface area contributed by atoms with E-state index in [-0.39, 0.29) is 5.78 Å². The SMILES string of the molecule is COc1ccccc1C(=O)Cc1nc(C)c(C)s1. The molecule has 0 N–H and O–H groups in total. The maximum absolute atomic E-state index is 12.2. The zero-order valence-electron chi connectivity index (χ0n) is 10.7. The first-order valence-electron chi connectivity index (χ1n) is 5.71. The van der Waals surface area contributed by atoms with Crippen LogP contribution in [0.4, 0.5) is 0 Å². The molecule has 18 heavy (non-hydrogen) atoms. The number of carbonyl (C=O) groups excluding carboxylic acids is 1. The number of nitrogens with zero attached hydrogens (tertiary/aromatic N) is 1. The van der Waals surface area contributed by atoms with Crippen molar-refractivity contribution in [3.63, 3.8) is 0 Å². The average Bonchev–Trinajstić information content (AvgIpc) is 2.68. The number of aryl methyl sites for hydroxylation is 2. The summed E-state index contributed by atoms with van der Waals surface area (Å²) >= 11 is 1.58. The van der Waals surface area contributed by atoms with Gasteiger partial charge in [0.15, 0.2) is 5.78 Å². The molecule has 2 rings (SSSR count). The third-order valence-corrected chi connectivity index (χ3v) is 3.86. The fraction of sp³-hybridized carbons (Fsp3) is 0.286. The summed E-state index contributed by atoms with van der Waals surface area (Å²) in [7, 11) is 1.57. The zero-order valence-corrected chi connectivity index (χ0v) is 11.5. The van der Waals surface area contributed by atoms with Crippen LogP contribution in [0.25, 0.3) is 0 Å². The molecule has 0 aliphatic carbocycles. The van der Waals surface area contributed by atoms with Gasteiger partial charge >= 0.3 is 0 Å². The third-order valence-electron chi connectivity index (χ3n) is 2.79. The van der Waals surface area contributed by atoms with Gasteiger partial charge in [0.2, 0.25) is 0 Å². The van der Waals surface area contributed by atoms with Crippen LogP contribution in [0.2, 0.25) is 0 Å². The summed E-state index contributed by atoms with van der Waals surface area (Å²) in [6, 6.07) is 7.28. The maximum Gasteiger partial charge on any atom is 0.173 e. The number of para-hydroxylation sites is 1. The number of hydrogen-bond acceptors (Lipinski definition) is 4. The van der Waals surface area contributed by atoms with Gasteiger partial charge < -0.3 is 4.74 Å². The fourth-order valence-electron chi connectivity index (χ4n) is 1.72. The summed E-state index contributed by atoms with van der Waals surface area (Å²) in [6.07, 6.45) is 0.333. The van der Waals surface area contributed by atoms with Gasteiger partial charge in [-0.05, 0) is 26.0 Å². The van der Waals surface area contributed by atoms with Crippen LogP contribution in [-0.2, 0) is 6.42 Å². The number of benzene rings is 1.